The Hall–Kier alpha value is -1.30. The Bertz CT molecular complexity index is 476. The molecule has 1 aliphatic rings. The summed E-state index contributed by atoms with van der Waals surface area (Å²) in [6.45, 7) is 10.1. The molecular formula is C14H24N4OS. The maximum atomic E-state index is 12.6. The first kappa shape index (κ1) is 15.1. The number of rotatable bonds is 3. The molecule has 1 fully saturated rings. The van der Waals surface area contributed by atoms with Gasteiger partial charge in [0.25, 0.3) is 5.91 Å². The van der Waals surface area contributed by atoms with E-state index in [1.54, 1.807) is 0 Å². The van der Waals surface area contributed by atoms with Crippen molar-refractivity contribution < 1.29 is 4.79 Å². The zero-order chi connectivity index (χ0) is 14.9. The van der Waals surface area contributed by atoms with Crippen LogP contribution in [0.5, 0.6) is 0 Å². The first-order valence-electron chi connectivity index (χ1n) is 7.19. The standard InChI is InChI=1S/C14H24N4OS/c1-8(2)16-14-17-12(15)11(20-14)13(19)18-6-9(3)5-10(4)7-18/h8-10H,5-7,15H2,1-4H3,(H,16,17). The van der Waals surface area contributed by atoms with E-state index in [2.05, 4.69) is 24.1 Å². The number of likely N-dealkylation sites (tertiary alicyclic amines) is 1. The van der Waals surface area contributed by atoms with Crippen molar-refractivity contribution in [2.75, 3.05) is 24.1 Å². The fraction of sp³-hybridized carbons (Fsp3) is 0.714. The molecule has 1 aromatic rings. The molecule has 0 spiro atoms. The van der Waals surface area contributed by atoms with Crippen LogP contribution in [-0.2, 0) is 0 Å². The van der Waals surface area contributed by atoms with Gasteiger partial charge in [-0.25, -0.2) is 4.98 Å². The largest absolute Gasteiger partial charge is 0.382 e. The van der Waals surface area contributed by atoms with Gasteiger partial charge in [0.05, 0.1) is 0 Å². The van der Waals surface area contributed by atoms with Crippen LogP contribution < -0.4 is 11.1 Å². The van der Waals surface area contributed by atoms with E-state index in [-0.39, 0.29) is 11.9 Å². The zero-order valence-corrected chi connectivity index (χ0v) is 13.5. The van der Waals surface area contributed by atoms with Gasteiger partial charge in [0, 0.05) is 19.1 Å². The van der Waals surface area contributed by atoms with Crippen molar-refractivity contribution in [2.24, 2.45) is 11.8 Å². The van der Waals surface area contributed by atoms with Crippen LogP contribution in [0.15, 0.2) is 0 Å². The minimum absolute atomic E-state index is 0.0233. The van der Waals surface area contributed by atoms with Crippen LogP contribution in [0.25, 0.3) is 0 Å². The molecule has 1 aliphatic heterocycles. The van der Waals surface area contributed by atoms with Gasteiger partial charge in [-0.1, -0.05) is 25.2 Å². The molecule has 1 saturated heterocycles. The summed E-state index contributed by atoms with van der Waals surface area (Å²) in [5.41, 5.74) is 5.91. The summed E-state index contributed by atoms with van der Waals surface area (Å²) in [6.07, 6.45) is 1.18. The Morgan fingerprint density at radius 3 is 2.55 bits per heavy atom. The van der Waals surface area contributed by atoms with Gasteiger partial charge in [0.1, 0.15) is 10.7 Å². The number of nitrogen functional groups attached to an aromatic ring is 1. The Morgan fingerprint density at radius 2 is 2.00 bits per heavy atom. The molecule has 2 atom stereocenters. The molecule has 1 amide bonds. The zero-order valence-electron chi connectivity index (χ0n) is 12.6. The highest BCUT2D eigenvalue weighted by molar-refractivity contribution is 7.18. The average molecular weight is 296 g/mol. The maximum absolute atomic E-state index is 12.6. The minimum atomic E-state index is 0.0233. The van der Waals surface area contributed by atoms with E-state index >= 15 is 0 Å². The number of hydrogen-bond donors (Lipinski definition) is 2. The minimum Gasteiger partial charge on any atom is -0.382 e. The molecule has 3 N–H and O–H groups in total. The SMILES string of the molecule is CC1CC(C)CN(C(=O)c2sc(NC(C)C)nc2N)C1. The topological polar surface area (TPSA) is 71.2 Å². The van der Waals surface area contributed by atoms with Crippen molar-refractivity contribution in [2.45, 2.75) is 40.2 Å². The molecule has 2 rings (SSSR count). The van der Waals surface area contributed by atoms with Crippen LogP contribution in [0, 0.1) is 11.8 Å². The van der Waals surface area contributed by atoms with Crippen LogP contribution in [-0.4, -0.2) is 34.9 Å². The van der Waals surface area contributed by atoms with Crippen LogP contribution in [0.1, 0.15) is 43.8 Å². The van der Waals surface area contributed by atoms with Crippen LogP contribution in [0.3, 0.4) is 0 Å². The number of piperidine rings is 1. The highest BCUT2D eigenvalue weighted by Gasteiger charge is 2.28. The molecular weight excluding hydrogens is 272 g/mol. The quantitative estimate of drug-likeness (QED) is 0.899. The van der Waals surface area contributed by atoms with Gasteiger partial charge in [0.15, 0.2) is 5.13 Å². The maximum Gasteiger partial charge on any atom is 0.267 e. The average Bonchev–Trinajstić information content (AvgIpc) is 2.67. The van der Waals surface area contributed by atoms with E-state index in [1.165, 1.54) is 17.8 Å². The summed E-state index contributed by atoms with van der Waals surface area (Å²) in [6, 6.07) is 0.276. The number of hydrogen-bond acceptors (Lipinski definition) is 5. The van der Waals surface area contributed by atoms with Crippen molar-refractivity contribution in [3.05, 3.63) is 4.88 Å². The Morgan fingerprint density at radius 1 is 1.40 bits per heavy atom. The molecule has 2 unspecified atom stereocenters. The number of nitrogens with one attached hydrogen (secondary N) is 1. The number of nitrogens with two attached hydrogens (primary N) is 1. The highest BCUT2D eigenvalue weighted by atomic mass is 32.1. The fourth-order valence-corrected chi connectivity index (χ4v) is 3.76. The van der Waals surface area contributed by atoms with Crippen molar-refractivity contribution in [1.29, 1.82) is 0 Å². The van der Waals surface area contributed by atoms with Gasteiger partial charge in [-0.3, -0.25) is 4.79 Å². The van der Waals surface area contributed by atoms with Crippen LogP contribution in [0.4, 0.5) is 10.9 Å². The van der Waals surface area contributed by atoms with Crippen LogP contribution in [0.2, 0.25) is 0 Å². The van der Waals surface area contributed by atoms with E-state index in [1.807, 2.05) is 18.7 Å². The lowest BCUT2D eigenvalue weighted by atomic mass is 9.92. The second-order valence-corrected chi connectivity index (χ2v) is 7.19. The first-order valence-corrected chi connectivity index (χ1v) is 8.00. The normalized spacial score (nSPS) is 23.1. The van der Waals surface area contributed by atoms with Gasteiger partial charge >= 0.3 is 0 Å². The third-order valence-corrected chi connectivity index (χ3v) is 4.41. The number of nitrogens with zero attached hydrogens (tertiary/aromatic N) is 2. The summed E-state index contributed by atoms with van der Waals surface area (Å²) in [5.74, 6) is 1.46. The van der Waals surface area contributed by atoms with Crippen molar-refractivity contribution in [3.8, 4) is 0 Å². The lowest BCUT2D eigenvalue weighted by molar-refractivity contribution is 0.0629. The van der Waals surface area contributed by atoms with Gasteiger partial charge in [0.2, 0.25) is 0 Å². The monoisotopic (exact) mass is 296 g/mol. The molecule has 0 saturated carbocycles. The van der Waals surface area contributed by atoms with E-state index in [4.69, 9.17) is 5.73 Å². The predicted molar refractivity (Wildman–Crippen MR) is 84.1 cm³/mol. The number of amides is 1. The predicted octanol–water partition coefficient (Wildman–Crippen LogP) is 2.66. The number of thiazole rings is 1. The second-order valence-electron chi connectivity index (χ2n) is 6.19. The molecule has 0 aliphatic carbocycles. The number of anilines is 2. The molecule has 0 radical (unpaired) electrons. The van der Waals surface area contributed by atoms with Gasteiger partial charge in [-0.15, -0.1) is 0 Å². The summed E-state index contributed by atoms with van der Waals surface area (Å²) in [5, 5.41) is 3.92. The fourth-order valence-electron chi connectivity index (χ4n) is 2.77. The first-order chi connectivity index (χ1) is 9.36. The lowest BCUT2D eigenvalue weighted by Crippen LogP contribution is -2.42. The summed E-state index contributed by atoms with van der Waals surface area (Å²) in [4.78, 5) is 19.3. The van der Waals surface area contributed by atoms with Gasteiger partial charge < -0.3 is 16.0 Å². The molecule has 5 nitrogen and oxygen atoms in total. The van der Waals surface area contributed by atoms with E-state index in [0.717, 1.165) is 18.2 Å². The third kappa shape index (κ3) is 3.42. The Balaban J connectivity index is 2.14. The summed E-state index contributed by atoms with van der Waals surface area (Å²) < 4.78 is 0. The molecule has 112 valence electrons. The second kappa shape index (κ2) is 5.99. The number of carbonyl (C=O) groups is 1. The van der Waals surface area contributed by atoms with E-state index < -0.39 is 0 Å². The molecule has 0 bridgehead atoms. The number of aromatic nitrogens is 1. The lowest BCUT2D eigenvalue weighted by Gasteiger charge is -2.34. The summed E-state index contributed by atoms with van der Waals surface area (Å²) >= 11 is 1.35. The summed E-state index contributed by atoms with van der Waals surface area (Å²) in [7, 11) is 0. The van der Waals surface area contributed by atoms with Gasteiger partial charge in [-0.05, 0) is 32.1 Å². The molecule has 1 aromatic heterocycles. The third-order valence-electron chi connectivity index (χ3n) is 3.42. The number of carbonyl (C=O) groups excluding carboxylic acids is 1. The molecule has 2 heterocycles. The van der Waals surface area contributed by atoms with Crippen LogP contribution >= 0.6 is 11.3 Å². The van der Waals surface area contributed by atoms with Crippen molar-refractivity contribution in [3.63, 3.8) is 0 Å². The highest BCUT2D eigenvalue weighted by Crippen LogP contribution is 2.29. The van der Waals surface area contributed by atoms with Crippen molar-refractivity contribution in [1.82, 2.24) is 9.88 Å². The van der Waals surface area contributed by atoms with E-state index in [9.17, 15) is 4.79 Å². The van der Waals surface area contributed by atoms with Gasteiger partial charge in [-0.2, -0.15) is 0 Å². The van der Waals surface area contributed by atoms with E-state index in [0.29, 0.717) is 22.5 Å². The Kier molecular flexibility index (Phi) is 4.52. The molecule has 20 heavy (non-hydrogen) atoms. The molecule has 0 aromatic carbocycles. The van der Waals surface area contributed by atoms with Crippen molar-refractivity contribution >= 4 is 28.2 Å². The molecule has 6 heteroatoms. The Labute approximate surface area is 124 Å². The smallest absolute Gasteiger partial charge is 0.267 e.